The number of hydrogen-bond donors (Lipinski definition) is 0. The second-order valence-electron chi connectivity index (χ2n) is 6.34. The molecule has 1 atom stereocenters. The maximum Gasteiger partial charge on any atom is 0.391 e. The largest absolute Gasteiger partial charge is 0.391 e. The van der Waals surface area contributed by atoms with Crippen LogP contribution in [-0.2, 0) is 0 Å². The minimum atomic E-state index is -3.97. The number of alkyl halides is 3. The van der Waals surface area contributed by atoms with E-state index in [0.29, 0.717) is 18.8 Å². The third-order valence-electron chi connectivity index (χ3n) is 5.02. The molecule has 1 unspecified atom stereocenters. The zero-order chi connectivity index (χ0) is 13.0. The maximum atomic E-state index is 12.9. The van der Waals surface area contributed by atoms with E-state index in [4.69, 9.17) is 0 Å². The van der Waals surface area contributed by atoms with Crippen LogP contribution in [-0.4, -0.2) is 6.18 Å². The Balaban J connectivity index is 1.92. The first kappa shape index (κ1) is 14.2. The van der Waals surface area contributed by atoms with Crippen molar-refractivity contribution in [1.29, 1.82) is 0 Å². The summed E-state index contributed by atoms with van der Waals surface area (Å²) in [5, 5.41) is 0. The predicted octanol–water partition coefficient (Wildman–Crippen LogP) is 5.72. The van der Waals surface area contributed by atoms with Crippen LogP contribution < -0.4 is 0 Å². The van der Waals surface area contributed by atoms with Crippen molar-refractivity contribution in [3.05, 3.63) is 0 Å². The highest BCUT2D eigenvalue weighted by molar-refractivity contribution is 4.77. The minimum absolute atomic E-state index is 0.362. The van der Waals surface area contributed by atoms with E-state index in [-0.39, 0.29) is 0 Å². The molecule has 0 amide bonds. The van der Waals surface area contributed by atoms with Crippen molar-refractivity contribution >= 4 is 0 Å². The lowest BCUT2D eigenvalue weighted by atomic mass is 9.76. The summed E-state index contributed by atoms with van der Waals surface area (Å²) in [6.45, 7) is 0. The van der Waals surface area contributed by atoms with Gasteiger partial charge in [0, 0.05) is 0 Å². The van der Waals surface area contributed by atoms with Gasteiger partial charge in [0.25, 0.3) is 0 Å². The molecule has 3 rings (SSSR count). The van der Waals surface area contributed by atoms with Gasteiger partial charge in [0.2, 0.25) is 0 Å². The molecule has 0 nitrogen and oxygen atoms in total. The molecule has 0 aromatic rings. The second kappa shape index (κ2) is 6.29. The fraction of sp³-hybridized carbons (Fsp3) is 1.00. The molecule has 0 N–H and O–H groups in total. The van der Waals surface area contributed by atoms with Crippen LogP contribution in [0, 0.1) is 17.8 Å². The summed E-state index contributed by atoms with van der Waals surface area (Å²) in [6, 6.07) is 0. The Bertz CT molecular complexity index is 236. The Kier molecular flexibility index (Phi) is 4.97. The van der Waals surface area contributed by atoms with Gasteiger partial charge in [0.15, 0.2) is 0 Å². The SMILES string of the molecule is FC(F)(F)C1CCCCCC2CCC(CC2)CC1. The van der Waals surface area contributed by atoms with Gasteiger partial charge < -0.3 is 0 Å². The highest BCUT2D eigenvalue weighted by atomic mass is 19.4. The zero-order valence-electron chi connectivity index (χ0n) is 11.1. The van der Waals surface area contributed by atoms with Crippen molar-refractivity contribution in [2.24, 2.45) is 17.8 Å². The molecule has 2 bridgehead atoms. The van der Waals surface area contributed by atoms with Gasteiger partial charge in [-0.3, -0.25) is 0 Å². The first-order chi connectivity index (χ1) is 8.55. The molecule has 0 saturated heterocycles. The smallest absolute Gasteiger partial charge is 0.171 e. The van der Waals surface area contributed by atoms with Crippen molar-refractivity contribution in [3.8, 4) is 0 Å². The van der Waals surface area contributed by atoms with Crippen molar-refractivity contribution in [2.75, 3.05) is 0 Å². The van der Waals surface area contributed by atoms with E-state index in [9.17, 15) is 13.2 Å². The summed E-state index contributed by atoms with van der Waals surface area (Å²) in [4.78, 5) is 0. The monoisotopic (exact) mass is 262 g/mol. The van der Waals surface area contributed by atoms with Gasteiger partial charge in [-0.1, -0.05) is 51.4 Å². The van der Waals surface area contributed by atoms with E-state index in [0.717, 1.165) is 31.6 Å². The average Bonchev–Trinajstić information content (AvgIpc) is 2.29. The summed E-state index contributed by atoms with van der Waals surface area (Å²) in [5.41, 5.74) is 0. The Morgan fingerprint density at radius 1 is 0.556 bits per heavy atom. The van der Waals surface area contributed by atoms with Crippen molar-refractivity contribution in [3.63, 3.8) is 0 Å². The molecule has 0 aromatic heterocycles. The van der Waals surface area contributed by atoms with Gasteiger partial charge in [0.05, 0.1) is 5.92 Å². The molecule has 106 valence electrons. The van der Waals surface area contributed by atoms with E-state index in [1.54, 1.807) is 0 Å². The summed E-state index contributed by atoms with van der Waals surface area (Å²) in [7, 11) is 0. The van der Waals surface area contributed by atoms with Gasteiger partial charge in [-0.25, -0.2) is 0 Å². The standard InChI is InChI=1S/C15H25F3/c16-15(17,18)14-5-3-1-2-4-12-6-8-13(9-7-12)10-11-14/h12-14H,1-11H2. The lowest BCUT2D eigenvalue weighted by molar-refractivity contribution is -0.179. The summed E-state index contributed by atoms with van der Waals surface area (Å²) >= 11 is 0. The van der Waals surface area contributed by atoms with E-state index in [1.165, 1.54) is 32.1 Å². The van der Waals surface area contributed by atoms with Crippen LogP contribution in [0.3, 0.4) is 0 Å². The lowest BCUT2D eigenvalue weighted by Gasteiger charge is -2.31. The first-order valence-electron chi connectivity index (χ1n) is 7.62. The highest BCUT2D eigenvalue weighted by Gasteiger charge is 2.39. The van der Waals surface area contributed by atoms with Crippen LogP contribution in [0.4, 0.5) is 13.2 Å². The lowest BCUT2D eigenvalue weighted by Crippen LogP contribution is -2.25. The van der Waals surface area contributed by atoms with Gasteiger partial charge >= 0.3 is 6.18 Å². The fourth-order valence-electron chi connectivity index (χ4n) is 3.72. The molecule has 0 aliphatic heterocycles. The van der Waals surface area contributed by atoms with E-state index < -0.39 is 12.1 Å². The van der Waals surface area contributed by atoms with Crippen LogP contribution in [0.25, 0.3) is 0 Å². The number of hydrogen-bond acceptors (Lipinski definition) is 0. The molecule has 3 fully saturated rings. The number of halogens is 3. The van der Waals surface area contributed by atoms with Crippen LogP contribution in [0.2, 0.25) is 0 Å². The Hall–Kier alpha value is -0.210. The third-order valence-corrected chi connectivity index (χ3v) is 5.02. The average molecular weight is 262 g/mol. The normalized spacial score (nSPS) is 35.8. The zero-order valence-corrected chi connectivity index (χ0v) is 11.1. The van der Waals surface area contributed by atoms with E-state index >= 15 is 0 Å². The molecule has 0 heterocycles. The van der Waals surface area contributed by atoms with Crippen LogP contribution in [0.15, 0.2) is 0 Å². The summed E-state index contributed by atoms with van der Waals surface area (Å²) in [6.07, 6.45) is 6.60. The predicted molar refractivity (Wildman–Crippen MR) is 67.3 cm³/mol. The molecule has 3 saturated carbocycles. The molecule has 0 spiro atoms. The van der Waals surface area contributed by atoms with Crippen LogP contribution in [0.1, 0.15) is 70.6 Å². The Morgan fingerprint density at radius 3 is 1.67 bits per heavy atom. The Morgan fingerprint density at radius 2 is 1.06 bits per heavy atom. The maximum absolute atomic E-state index is 12.9. The van der Waals surface area contributed by atoms with Crippen LogP contribution >= 0.6 is 0 Å². The van der Waals surface area contributed by atoms with Crippen molar-refractivity contribution < 1.29 is 13.2 Å². The highest BCUT2D eigenvalue weighted by Crippen LogP contribution is 2.40. The fourth-order valence-corrected chi connectivity index (χ4v) is 3.72. The Labute approximate surface area is 108 Å². The molecule has 0 aromatic carbocycles. The van der Waals surface area contributed by atoms with Gasteiger partial charge in [-0.05, 0) is 31.1 Å². The van der Waals surface area contributed by atoms with E-state index in [2.05, 4.69) is 0 Å². The minimum Gasteiger partial charge on any atom is -0.171 e. The van der Waals surface area contributed by atoms with Gasteiger partial charge in [-0.15, -0.1) is 0 Å². The van der Waals surface area contributed by atoms with Crippen molar-refractivity contribution in [2.45, 2.75) is 76.8 Å². The summed E-state index contributed by atoms with van der Waals surface area (Å²) in [5.74, 6) is 0.416. The molecule has 3 heteroatoms. The molecule has 0 radical (unpaired) electrons. The number of rotatable bonds is 0. The third kappa shape index (κ3) is 4.17. The first-order valence-corrected chi connectivity index (χ1v) is 7.62. The molecule has 3 aliphatic rings. The van der Waals surface area contributed by atoms with Crippen molar-refractivity contribution in [1.82, 2.24) is 0 Å². The molecular weight excluding hydrogens is 237 g/mol. The topological polar surface area (TPSA) is 0 Å². The molecule has 3 aliphatic carbocycles. The van der Waals surface area contributed by atoms with Gasteiger partial charge in [0.1, 0.15) is 0 Å². The van der Waals surface area contributed by atoms with E-state index in [1.807, 2.05) is 0 Å². The molecular formula is C15H25F3. The second-order valence-corrected chi connectivity index (χ2v) is 6.34. The molecule has 18 heavy (non-hydrogen) atoms. The number of fused-ring (bicyclic) bond motifs is 9. The quantitative estimate of drug-likeness (QED) is 0.524. The van der Waals surface area contributed by atoms with Gasteiger partial charge in [-0.2, -0.15) is 13.2 Å². The van der Waals surface area contributed by atoms with Crippen LogP contribution in [0.5, 0.6) is 0 Å². The summed E-state index contributed by atoms with van der Waals surface area (Å²) < 4.78 is 38.7.